The molecular weight excluding hydrogens is 426 g/mol. The molecule has 5 rings (SSSR count). The number of imidazole rings is 1. The summed E-state index contributed by atoms with van der Waals surface area (Å²) in [7, 11) is 0. The number of hydrogen-bond donors (Lipinski definition) is 1. The van der Waals surface area contributed by atoms with Gasteiger partial charge in [-0.3, -0.25) is 9.13 Å². The fraction of sp³-hybridized carbons (Fsp3) is 0.179. The minimum absolute atomic E-state index is 0.0613. The molecule has 4 nitrogen and oxygen atoms in total. The smallest absolute Gasteiger partial charge is 0.330 e. The van der Waals surface area contributed by atoms with Crippen molar-refractivity contribution in [1.82, 2.24) is 9.13 Å². The summed E-state index contributed by atoms with van der Waals surface area (Å²) >= 11 is 1.73. The molecule has 0 aliphatic rings. The van der Waals surface area contributed by atoms with E-state index < -0.39 is 0 Å². The number of aromatic nitrogens is 2. The number of nitrogen functional groups attached to an aromatic ring is 1. The van der Waals surface area contributed by atoms with Gasteiger partial charge in [-0.1, -0.05) is 79.7 Å². The van der Waals surface area contributed by atoms with Crippen LogP contribution in [0.3, 0.4) is 0 Å². The summed E-state index contributed by atoms with van der Waals surface area (Å²) in [5.74, 6) is 0. The van der Waals surface area contributed by atoms with E-state index >= 15 is 0 Å². The standard InChI is InChI=1S/C28H27N3OS/c1-2-23-18-26-27(33-23)31(28(32)30(26)17-16-20-8-4-3-5-9-20)19-21-12-14-22(15-13-21)24-10-6-7-11-25(24)29/h3-15,18H,2,16-17,19,29H2,1H3. The summed E-state index contributed by atoms with van der Waals surface area (Å²) in [6.45, 7) is 3.40. The lowest BCUT2D eigenvalue weighted by atomic mass is 10.0. The van der Waals surface area contributed by atoms with Crippen LogP contribution in [0.25, 0.3) is 21.5 Å². The first-order chi connectivity index (χ1) is 16.1. The number of para-hydroxylation sites is 1. The lowest BCUT2D eigenvalue weighted by Crippen LogP contribution is -2.25. The molecule has 166 valence electrons. The van der Waals surface area contributed by atoms with E-state index in [4.69, 9.17) is 5.73 Å². The first-order valence-electron chi connectivity index (χ1n) is 11.3. The van der Waals surface area contributed by atoms with Crippen LogP contribution in [0.15, 0.2) is 89.7 Å². The van der Waals surface area contributed by atoms with E-state index in [9.17, 15) is 4.79 Å². The number of nitrogens with zero attached hydrogens (tertiary/aromatic N) is 2. The molecule has 5 aromatic rings. The molecule has 0 saturated heterocycles. The molecule has 0 amide bonds. The predicted octanol–water partition coefficient (Wildman–Crippen LogP) is 5.97. The van der Waals surface area contributed by atoms with Crippen LogP contribution in [-0.2, 0) is 25.9 Å². The van der Waals surface area contributed by atoms with Gasteiger partial charge in [-0.25, -0.2) is 4.79 Å². The third kappa shape index (κ3) is 4.24. The molecule has 0 bridgehead atoms. The second kappa shape index (κ2) is 9.12. The predicted molar refractivity (Wildman–Crippen MR) is 139 cm³/mol. The first-order valence-corrected chi connectivity index (χ1v) is 12.1. The van der Waals surface area contributed by atoms with Crippen LogP contribution in [0, 0.1) is 0 Å². The van der Waals surface area contributed by atoms with Crippen molar-refractivity contribution in [2.24, 2.45) is 0 Å². The van der Waals surface area contributed by atoms with Gasteiger partial charge in [0.1, 0.15) is 4.83 Å². The number of fused-ring (bicyclic) bond motifs is 1. The number of hydrogen-bond acceptors (Lipinski definition) is 3. The first kappa shape index (κ1) is 21.3. The lowest BCUT2D eigenvalue weighted by molar-refractivity contribution is 0.649. The van der Waals surface area contributed by atoms with Gasteiger partial charge >= 0.3 is 5.69 Å². The Bertz CT molecular complexity index is 1440. The molecule has 2 aromatic heterocycles. The maximum Gasteiger partial charge on any atom is 0.330 e. The minimum atomic E-state index is 0.0613. The van der Waals surface area contributed by atoms with Gasteiger partial charge in [0.15, 0.2) is 0 Å². The Morgan fingerprint density at radius 3 is 2.30 bits per heavy atom. The lowest BCUT2D eigenvalue weighted by Gasteiger charge is -2.08. The van der Waals surface area contributed by atoms with E-state index in [-0.39, 0.29) is 5.69 Å². The van der Waals surface area contributed by atoms with Gasteiger partial charge < -0.3 is 5.73 Å². The summed E-state index contributed by atoms with van der Waals surface area (Å²) in [4.78, 5) is 15.8. The molecular formula is C28H27N3OS. The molecule has 0 unspecified atom stereocenters. The monoisotopic (exact) mass is 453 g/mol. The van der Waals surface area contributed by atoms with Crippen molar-refractivity contribution >= 4 is 27.4 Å². The maximum absolute atomic E-state index is 13.4. The zero-order chi connectivity index (χ0) is 22.8. The number of anilines is 1. The van der Waals surface area contributed by atoms with E-state index in [1.807, 2.05) is 51.6 Å². The Labute approximate surface area is 197 Å². The van der Waals surface area contributed by atoms with Crippen molar-refractivity contribution in [2.75, 3.05) is 5.73 Å². The molecule has 0 radical (unpaired) electrons. The molecule has 3 aromatic carbocycles. The molecule has 0 aliphatic carbocycles. The van der Waals surface area contributed by atoms with Crippen molar-refractivity contribution in [2.45, 2.75) is 32.9 Å². The summed E-state index contributed by atoms with van der Waals surface area (Å²) in [5, 5.41) is 0. The van der Waals surface area contributed by atoms with Crippen molar-refractivity contribution < 1.29 is 0 Å². The van der Waals surface area contributed by atoms with Crippen LogP contribution < -0.4 is 11.4 Å². The highest BCUT2D eigenvalue weighted by atomic mass is 32.1. The molecule has 0 aliphatic heterocycles. The van der Waals surface area contributed by atoms with Crippen molar-refractivity contribution in [3.63, 3.8) is 0 Å². The van der Waals surface area contributed by atoms with Gasteiger partial charge in [0.25, 0.3) is 0 Å². The third-order valence-corrected chi connectivity index (χ3v) is 7.42. The van der Waals surface area contributed by atoms with Gasteiger partial charge in [0.05, 0.1) is 12.1 Å². The van der Waals surface area contributed by atoms with E-state index in [1.54, 1.807) is 11.3 Å². The number of rotatable bonds is 7. The highest BCUT2D eigenvalue weighted by Crippen LogP contribution is 2.28. The second-order valence-electron chi connectivity index (χ2n) is 8.30. The SMILES string of the molecule is CCc1cc2c(s1)n(Cc1ccc(-c3ccccc3N)cc1)c(=O)n2CCc1ccccc1. The number of aryl methyl sites for hydroxylation is 3. The fourth-order valence-electron chi connectivity index (χ4n) is 4.29. The van der Waals surface area contributed by atoms with Crippen LogP contribution in [0.2, 0.25) is 0 Å². The number of thiophene rings is 1. The van der Waals surface area contributed by atoms with Crippen LogP contribution in [0.1, 0.15) is 22.9 Å². The largest absolute Gasteiger partial charge is 0.398 e. The molecule has 2 heterocycles. The summed E-state index contributed by atoms with van der Waals surface area (Å²) in [6, 6.07) is 28.8. The highest BCUT2D eigenvalue weighted by Gasteiger charge is 2.17. The van der Waals surface area contributed by atoms with Crippen LogP contribution in [0.5, 0.6) is 0 Å². The normalized spacial score (nSPS) is 11.3. The van der Waals surface area contributed by atoms with E-state index in [1.165, 1.54) is 10.4 Å². The molecule has 0 saturated carbocycles. The van der Waals surface area contributed by atoms with E-state index in [0.29, 0.717) is 13.1 Å². The Morgan fingerprint density at radius 2 is 1.58 bits per heavy atom. The van der Waals surface area contributed by atoms with Crippen molar-refractivity contribution in [3.05, 3.63) is 111 Å². The average Bonchev–Trinajstić information content (AvgIpc) is 3.37. The summed E-state index contributed by atoms with van der Waals surface area (Å²) < 4.78 is 3.87. The van der Waals surface area contributed by atoms with E-state index in [2.05, 4.69) is 49.4 Å². The summed E-state index contributed by atoms with van der Waals surface area (Å²) in [6.07, 6.45) is 1.81. The van der Waals surface area contributed by atoms with Gasteiger partial charge in [-0.15, -0.1) is 11.3 Å². The topological polar surface area (TPSA) is 52.9 Å². The molecule has 5 heteroatoms. The number of benzene rings is 3. The Morgan fingerprint density at radius 1 is 0.848 bits per heavy atom. The summed E-state index contributed by atoms with van der Waals surface area (Å²) in [5.41, 5.74) is 12.5. The quantitative estimate of drug-likeness (QED) is 0.309. The fourth-order valence-corrected chi connectivity index (χ4v) is 5.38. The molecule has 33 heavy (non-hydrogen) atoms. The minimum Gasteiger partial charge on any atom is -0.398 e. The van der Waals surface area contributed by atoms with E-state index in [0.717, 1.165) is 45.6 Å². The maximum atomic E-state index is 13.4. The molecule has 2 N–H and O–H groups in total. The van der Waals surface area contributed by atoms with Crippen LogP contribution in [-0.4, -0.2) is 9.13 Å². The van der Waals surface area contributed by atoms with Gasteiger partial charge in [-0.2, -0.15) is 0 Å². The van der Waals surface area contributed by atoms with Crippen molar-refractivity contribution in [3.8, 4) is 11.1 Å². The zero-order valence-electron chi connectivity index (χ0n) is 18.7. The molecule has 0 spiro atoms. The highest BCUT2D eigenvalue weighted by molar-refractivity contribution is 7.18. The van der Waals surface area contributed by atoms with Gasteiger partial charge in [0.2, 0.25) is 0 Å². The van der Waals surface area contributed by atoms with Crippen LogP contribution in [0.4, 0.5) is 5.69 Å². The molecule has 0 fully saturated rings. The Hall–Kier alpha value is -3.57. The van der Waals surface area contributed by atoms with Gasteiger partial charge in [0, 0.05) is 22.7 Å². The Balaban J connectivity index is 1.46. The average molecular weight is 454 g/mol. The zero-order valence-corrected chi connectivity index (χ0v) is 19.5. The number of nitrogens with two attached hydrogens (primary N) is 1. The Kier molecular flexibility index (Phi) is 5.88. The second-order valence-corrected chi connectivity index (χ2v) is 9.41. The third-order valence-electron chi connectivity index (χ3n) is 6.12. The van der Waals surface area contributed by atoms with Crippen molar-refractivity contribution in [1.29, 1.82) is 0 Å². The van der Waals surface area contributed by atoms with Gasteiger partial charge in [-0.05, 0) is 41.7 Å². The van der Waals surface area contributed by atoms with Crippen LogP contribution >= 0.6 is 11.3 Å². The molecule has 0 atom stereocenters.